The maximum atomic E-state index is 6.10. The van der Waals surface area contributed by atoms with Gasteiger partial charge in [-0.1, -0.05) is 29.8 Å². The van der Waals surface area contributed by atoms with Crippen molar-refractivity contribution in [3.8, 4) is 0 Å². The van der Waals surface area contributed by atoms with E-state index in [1.165, 1.54) is 18.3 Å². The van der Waals surface area contributed by atoms with E-state index in [1.807, 2.05) is 0 Å². The van der Waals surface area contributed by atoms with Crippen LogP contribution < -0.4 is 21.2 Å². The van der Waals surface area contributed by atoms with E-state index >= 15 is 0 Å². The van der Waals surface area contributed by atoms with Crippen molar-refractivity contribution in [2.24, 2.45) is 0 Å². The summed E-state index contributed by atoms with van der Waals surface area (Å²) in [5, 5.41) is 0.873. The van der Waals surface area contributed by atoms with Crippen LogP contribution in [-0.2, 0) is 0 Å². The van der Waals surface area contributed by atoms with Gasteiger partial charge in [-0.05, 0) is 43.7 Å². The van der Waals surface area contributed by atoms with Crippen LogP contribution in [0.2, 0.25) is 5.02 Å². The van der Waals surface area contributed by atoms with Crippen molar-refractivity contribution in [2.45, 2.75) is 13.8 Å². The zero-order valence-electron chi connectivity index (χ0n) is 9.30. The fourth-order valence-electron chi connectivity index (χ4n) is 1.44. The minimum Gasteiger partial charge on any atom is -0.0840 e. The normalized spacial score (nSPS) is 10.4. The molecule has 0 aromatic heterocycles. The Bertz CT molecular complexity index is 492. The summed E-state index contributed by atoms with van der Waals surface area (Å²) in [6, 6.07) is 15.0. The summed E-state index contributed by atoms with van der Waals surface area (Å²) in [5.41, 5.74) is 2.49. The molecule has 0 unspecified atom stereocenters. The van der Waals surface area contributed by atoms with Gasteiger partial charge in [0.05, 0.1) is 0 Å². The van der Waals surface area contributed by atoms with Crippen molar-refractivity contribution < 1.29 is 21.2 Å². The zero-order valence-corrected chi connectivity index (χ0v) is 12.2. The largest absolute Gasteiger partial charge is 0.358 e. The summed E-state index contributed by atoms with van der Waals surface area (Å²) in [6.45, 7) is 4.21. The second kappa shape index (κ2) is 5.19. The monoisotopic (exact) mass is 343 g/mol. The first-order valence-corrected chi connectivity index (χ1v) is 7.67. The van der Waals surface area contributed by atoms with Gasteiger partial charge in [-0.25, -0.2) is 0 Å². The fourth-order valence-corrected chi connectivity index (χ4v) is 4.31. The lowest BCUT2D eigenvalue weighted by atomic mass is 10.2. The number of rotatable bonds is 2. The van der Waals surface area contributed by atoms with E-state index in [0.29, 0.717) is 0 Å². The third-order valence-electron chi connectivity index (χ3n) is 2.38. The zero-order chi connectivity index (χ0) is 11.5. The van der Waals surface area contributed by atoms with E-state index < -0.39 is 0 Å². The summed E-state index contributed by atoms with van der Waals surface area (Å²) in [7, 11) is 0. The molecule has 82 valence electrons. The number of halogens is 2. The van der Waals surface area contributed by atoms with E-state index in [4.69, 9.17) is 11.6 Å². The second-order valence-corrected chi connectivity index (χ2v) is 7.10. The summed E-state index contributed by atoms with van der Waals surface area (Å²) in [5.74, 6) is 0. The molecule has 2 rings (SSSR count). The lowest BCUT2D eigenvalue weighted by Crippen LogP contribution is -3.61. The van der Waals surface area contributed by atoms with Gasteiger partial charge in [-0.2, -0.15) is 0 Å². The van der Waals surface area contributed by atoms with Gasteiger partial charge in [0, 0.05) is 10.6 Å². The van der Waals surface area contributed by atoms with Gasteiger partial charge in [0.1, 0.15) is 0 Å². The highest BCUT2D eigenvalue weighted by atomic mass is 127. The molecule has 2 aromatic carbocycles. The molecule has 0 bridgehead atoms. The maximum Gasteiger partial charge on any atom is 0.358 e. The number of hydrogen-bond acceptors (Lipinski definition) is 0. The van der Waals surface area contributed by atoms with E-state index in [0.717, 1.165) is 5.02 Å². The minimum absolute atomic E-state index is 0.0812. The highest BCUT2D eigenvalue weighted by Gasteiger charge is 2.18. The summed E-state index contributed by atoms with van der Waals surface area (Å²) in [6.07, 6.45) is 0. The third-order valence-corrected chi connectivity index (χ3v) is 5.88. The van der Waals surface area contributed by atoms with Crippen molar-refractivity contribution in [3.63, 3.8) is 0 Å². The van der Waals surface area contributed by atoms with Crippen LogP contribution >= 0.6 is 11.6 Å². The van der Waals surface area contributed by atoms with Crippen molar-refractivity contribution in [3.05, 3.63) is 65.8 Å². The van der Waals surface area contributed by atoms with Gasteiger partial charge in [0.2, 0.25) is 0 Å². The molecule has 16 heavy (non-hydrogen) atoms. The molecule has 0 N–H and O–H groups in total. The Balaban J connectivity index is 2.32. The molecule has 2 aromatic rings. The topological polar surface area (TPSA) is 0 Å². The van der Waals surface area contributed by atoms with Crippen LogP contribution in [0, 0.1) is 21.0 Å². The minimum atomic E-state index is -0.0812. The van der Waals surface area contributed by atoms with Gasteiger partial charge in [0.25, 0.3) is 0 Å². The number of benzene rings is 2. The van der Waals surface area contributed by atoms with E-state index in [2.05, 4.69) is 56.3 Å². The Labute approximate surface area is 112 Å². The van der Waals surface area contributed by atoms with Gasteiger partial charge < -0.3 is 0 Å². The maximum absolute atomic E-state index is 6.10. The quantitative estimate of drug-likeness (QED) is 0.716. The van der Waals surface area contributed by atoms with Crippen molar-refractivity contribution in [2.75, 3.05) is 0 Å². The molecule has 0 heterocycles. The average molecular weight is 344 g/mol. The Kier molecular flexibility index (Phi) is 3.87. The Morgan fingerprint density at radius 3 is 2.31 bits per heavy atom. The Morgan fingerprint density at radius 1 is 0.938 bits per heavy atom. The molecule has 0 spiro atoms. The molecule has 0 aliphatic heterocycles. The summed E-state index contributed by atoms with van der Waals surface area (Å²) < 4.78 is 2.91. The molecule has 0 atom stereocenters. The first kappa shape index (κ1) is 11.9. The first-order chi connectivity index (χ1) is 7.66. The molecule has 0 nitrogen and oxygen atoms in total. The van der Waals surface area contributed by atoms with Crippen molar-refractivity contribution in [1.82, 2.24) is 0 Å². The smallest absolute Gasteiger partial charge is 0.0840 e. The summed E-state index contributed by atoms with van der Waals surface area (Å²) >= 11 is 6.02. The van der Waals surface area contributed by atoms with Crippen LogP contribution in [0.1, 0.15) is 11.1 Å². The first-order valence-electron chi connectivity index (χ1n) is 5.13. The average Bonchev–Trinajstić information content (AvgIpc) is 2.27. The van der Waals surface area contributed by atoms with Crippen LogP contribution in [-0.4, -0.2) is 0 Å². The highest BCUT2D eigenvalue weighted by Crippen LogP contribution is 2.15. The van der Waals surface area contributed by atoms with Crippen LogP contribution in [0.5, 0.6) is 0 Å². The Morgan fingerprint density at radius 2 is 1.62 bits per heavy atom. The highest BCUT2D eigenvalue weighted by molar-refractivity contribution is 6.31. The van der Waals surface area contributed by atoms with Crippen LogP contribution in [0.15, 0.2) is 42.5 Å². The molecule has 0 aliphatic carbocycles. The van der Waals surface area contributed by atoms with Gasteiger partial charge in [0.15, 0.2) is 7.14 Å². The molecule has 0 aliphatic rings. The van der Waals surface area contributed by atoms with Crippen molar-refractivity contribution in [1.29, 1.82) is 0 Å². The molecule has 0 fully saturated rings. The van der Waals surface area contributed by atoms with E-state index in [-0.39, 0.29) is 21.2 Å². The van der Waals surface area contributed by atoms with Gasteiger partial charge >= 0.3 is 21.2 Å². The lowest BCUT2D eigenvalue weighted by Gasteiger charge is -1.99. The molecule has 0 amide bonds. The molecule has 0 saturated carbocycles. The van der Waals surface area contributed by atoms with Crippen LogP contribution in [0.25, 0.3) is 0 Å². The number of hydrogen-bond donors (Lipinski definition) is 0. The molecular weight excluding hydrogens is 331 g/mol. The third kappa shape index (κ3) is 2.77. The summed E-state index contributed by atoms with van der Waals surface area (Å²) in [4.78, 5) is 0. The molecule has 0 radical (unpaired) electrons. The van der Waals surface area contributed by atoms with Crippen LogP contribution in [0.3, 0.4) is 0 Å². The SMILES string of the molecule is Cc1cc([I+]c2ccccc2)c(C)cc1Cl. The van der Waals surface area contributed by atoms with E-state index in [1.54, 1.807) is 0 Å². The molecule has 2 heteroatoms. The Hall–Kier alpha value is -0.540. The second-order valence-electron chi connectivity index (χ2n) is 3.74. The fraction of sp³-hybridized carbons (Fsp3) is 0.143. The van der Waals surface area contributed by atoms with E-state index in [9.17, 15) is 0 Å². The van der Waals surface area contributed by atoms with Gasteiger partial charge in [-0.15, -0.1) is 0 Å². The predicted molar refractivity (Wildman–Crippen MR) is 64.8 cm³/mol. The van der Waals surface area contributed by atoms with Gasteiger partial charge in [-0.3, -0.25) is 0 Å². The molecule has 0 saturated heterocycles. The van der Waals surface area contributed by atoms with Crippen molar-refractivity contribution >= 4 is 11.6 Å². The standard InChI is InChI=1S/C14H13ClI/c1-10-9-14(11(2)8-13(10)15)16-12-6-4-3-5-7-12/h3-9H,1-2H3/q+1. The molecular formula is C14H13ClI+. The lowest BCUT2D eigenvalue weighted by molar-refractivity contribution is -0.598. The number of aryl methyl sites for hydroxylation is 2. The predicted octanol–water partition coefficient (Wildman–Crippen LogP) is 1.09. The van der Waals surface area contributed by atoms with Crippen LogP contribution in [0.4, 0.5) is 0 Å².